The number of halogens is 3. The zero-order valence-electron chi connectivity index (χ0n) is 5.66. The van der Waals surface area contributed by atoms with Crippen molar-refractivity contribution in [1.82, 2.24) is 0 Å². The molecule has 0 aliphatic carbocycles. The van der Waals surface area contributed by atoms with Crippen molar-refractivity contribution in [2.75, 3.05) is 0 Å². The van der Waals surface area contributed by atoms with Gasteiger partial charge in [0.25, 0.3) is 0 Å². The first-order valence-electron chi connectivity index (χ1n) is 2.87. The molecule has 11 heavy (non-hydrogen) atoms. The van der Waals surface area contributed by atoms with E-state index in [2.05, 4.69) is 15.9 Å². The molecule has 0 amide bonds. The zero-order valence-corrected chi connectivity index (χ0v) is 8.00. The fraction of sp³-hybridized carbons (Fsp3) is 0.143. The summed E-state index contributed by atoms with van der Waals surface area (Å²) in [5.41, 5.74) is 0.196. The van der Waals surface area contributed by atoms with Crippen LogP contribution in [0, 0.1) is 12.7 Å². The summed E-state index contributed by atoms with van der Waals surface area (Å²) in [5.74, 6) is -0.647. The van der Waals surface area contributed by atoms with Crippen molar-refractivity contribution in [2.45, 2.75) is 6.92 Å². The Hall–Kier alpha value is -0.280. The van der Waals surface area contributed by atoms with Crippen molar-refractivity contribution < 1.29 is 9.50 Å². The lowest BCUT2D eigenvalue weighted by Crippen LogP contribution is -1.85. The van der Waals surface area contributed by atoms with Crippen LogP contribution in [0.1, 0.15) is 5.56 Å². The van der Waals surface area contributed by atoms with Crippen LogP contribution in [0.3, 0.4) is 0 Å². The molecule has 1 aromatic carbocycles. The zero-order chi connectivity index (χ0) is 8.59. The molecule has 4 heteroatoms. The van der Waals surface area contributed by atoms with Crippen LogP contribution in [0.15, 0.2) is 10.5 Å². The van der Waals surface area contributed by atoms with E-state index in [1.165, 1.54) is 13.0 Å². The van der Waals surface area contributed by atoms with Gasteiger partial charge in [0.15, 0.2) is 0 Å². The van der Waals surface area contributed by atoms with E-state index in [0.29, 0.717) is 0 Å². The van der Waals surface area contributed by atoms with Gasteiger partial charge in [0, 0.05) is 11.6 Å². The highest BCUT2D eigenvalue weighted by Gasteiger charge is 2.10. The van der Waals surface area contributed by atoms with Gasteiger partial charge in [0.2, 0.25) is 0 Å². The number of phenolic OH excluding ortho intramolecular Hbond substituents is 1. The molecule has 1 aromatic rings. The minimum absolute atomic E-state index is 0.129. The summed E-state index contributed by atoms with van der Waals surface area (Å²) in [5, 5.41) is 9.23. The maximum atomic E-state index is 13.0. The first kappa shape index (κ1) is 8.81. The number of rotatable bonds is 0. The summed E-state index contributed by atoms with van der Waals surface area (Å²) < 4.78 is 13.2. The van der Waals surface area contributed by atoms with Crippen LogP contribution in [-0.4, -0.2) is 5.11 Å². The van der Waals surface area contributed by atoms with Gasteiger partial charge in [-0.3, -0.25) is 0 Å². The molecule has 0 aliphatic heterocycles. The lowest BCUT2D eigenvalue weighted by molar-refractivity contribution is 0.462. The second-order valence-electron chi connectivity index (χ2n) is 2.13. The molecule has 0 atom stereocenters. The van der Waals surface area contributed by atoms with Crippen LogP contribution >= 0.6 is 27.5 Å². The number of hydrogen-bond donors (Lipinski definition) is 1. The molecule has 1 rings (SSSR count). The second kappa shape index (κ2) is 2.99. The highest BCUT2D eigenvalue weighted by molar-refractivity contribution is 9.10. The predicted octanol–water partition coefficient (Wildman–Crippen LogP) is 3.26. The Morgan fingerprint density at radius 3 is 2.73 bits per heavy atom. The van der Waals surface area contributed by atoms with E-state index in [-0.39, 0.29) is 20.8 Å². The Morgan fingerprint density at radius 1 is 1.64 bits per heavy atom. The van der Waals surface area contributed by atoms with Crippen molar-refractivity contribution in [3.63, 3.8) is 0 Å². The van der Waals surface area contributed by atoms with Gasteiger partial charge in [-0.25, -0.2) is 4.39 Å². The fourth-order valence-corrected chi connectivity index (χ4v) is 1.27. The van der Waals surface area contributed by atoms with E-state index < -0.39 is 5.82 Å². The predicted molar refractivity (Wildman–Crippen MR) is 45.5 cm³/mol. The third-order valence-electron chi connectivity index (χ3n) is 1.38. The molecule has 0 spiro atoms. The molecule has 60 valence electrons. The summed E-state index contributed by atoms with van der Waals surface area (Å²) >= 11 is 8.49. The van der Waals surface area contributed by atoms with Crippen LogP contribution in [0.4, 0.5) is 4.39 Å². The highest BCUT2D eigenvalue weighted by Crippen LogP contribution is 2.32. The molecule has 0 bridgehead atoms. The highest BCUT2D eigenvalue weighted by atomic mass is 79.9. The van der Waals surface area contributed by atoms with Crippen molar-refractivity contribution >= 4 is 27.5 Å². The Kier molecular flexibility index (Phi) is 2.40. The van der Waals surface area contributed by atoms with Crippen molar-refractivity contribution in [2.24, 2.45) is 0 Å². The first-order valence-corrected chi connectivity index (χ1v) is 4.04. The minimum atomic E-state index is -0.519. The molecule has 1 nitrogen and oxygen atoms in total. The van der Waals surface area contributed by atoms with E-state index in [4.69, 9.17) is 16.7 Å². The van der Waals surface area contributed by atoms with Gasteiger partial charge < -0.3 is 5.11 Å². The lowest BCUT2D eigenvalue weighted by Gasteiger charge is -2.03. The molecule has 0 radical (unpaired) electrons. The number of benzene rings is 1. The summed E-state index contributed by atoms with van der Waals surface area (Å²) in [6, 6.07) is 1.30. The minimum Gasteiger partial charge on any atom is -0.508 e. The van der Waals surface area contributed by atoms with E-state index >= 15 is 0 Å². The standard InChI is InChI=1S/C7H5BrClFO/c1-3-5(11)2-4(9)6(8)7(3)10/h2,11H,1H3. The van der Waals surface area contributed by atoms with E-state index in [1.807, 2.05) is 0 Å². The van der Waals surface area contributed by atoms with Gasteiger partial charge in [-0.1, -0.05) is 11.6 Å². The molecule has 1 N–H and O–H groups in total. The topological polar surface area (TPSA) is 20.2 Å². The molecular weight excluding hydrogens is 234 g/mol. The molecule has 0 saturated heterocycles. The van der Waals surface area contributed by atoms with Crippen molar-refractivity contribution in [3.05, 3.63) is 26.9 Å². The smallest absolute Gasteiger partial charge is 0.145 e. The van der Waals surface area contributed by atoms with Crippen molar-refractivity contribution in [3.8, 4) is 5.75 Å². The normalized spacial score (nSPS) is 10.2. The Bertz CT molecular complexity index is 275. The maximum absolute atomic E-state index is 13.0. The van der Waals surface area contributed by atoms with Crippen LogP contribution in [0.25, 0.3) is 0 Å². The van der Waals surface area contributed by atoms with Crippen LogP contribution in [0.2, 0.25) is 5.02 Å². The van der Waals surface area contributed by atoms with E-state index in [0.717, 1.165) is 0 Å². The third kappa shape index (κ3) is 1.49. The molecule has 0 heterocycles. The van der Waals surface area contributed by atoms with Gasteiger partial charge in [-0.05, 0) is 22.9 Å². The van der Waals surface area contributed by atoms with Crippen LogP contribution < -0.4 is 0 Å². The summed E-state index contributed by atoms with van der Waals surface area (Å²) in [4.78, 5) is 0. The number of phenols is 1. The number of aromatic hydroxyl groups is 1. The summed E-state index contributed by atoms with van der Waals surface area (Å²) in [6.45, 7) is 1.48. The molecular formula is C7H5BrClFO. The largest absolute Gasteiger partial charge is 0.508 e. The van der Waals surface area contributed by atoms with Gasteiger partial charge in [0.1, 0.15) is 11.6 Å². The molecule has 0 aliphatic rings. The Morgan fingerprint density at radius 2 is 2.18 bits per heavy atom. The molecule has 0 fully saturated rings. The van der Waals surface area contributed by atoms with Gasteiger partial charge >= 0.3 is 0 Å². The van der Waals surface area contributed by atoms with Crippen LogP contribution in [0.5, 0.6) is 5.75 Å². The summed E-state index contributed by atoms with van der Waals surface area (Å²) in [7, 11) is 0. The summed E-state index contributed by atoms with van der Waals surface area (Å²) in [6.07, 6.45) is 0. The fourth-order valence-electron chi connectivity index (χ4n) is 0.674. The van der Waals surface area contributed by atoms with Crippen molar-refractivity contribution in [1.29, 1.82) is 0 Å². The molecule has 0 saturated carbocycles. The molecule has 0 aromatic heterocycles. The maximum Gasteiger partial charge on any atom is 0.145 e. The third-order valence-corrected chi connectivity index (χ3v) is 2.68. The quantitative estimate of drug-likeness (QED) is 0.689. The van der Waals surface area contributed by atoms with Gasteiger partial charge in [-0.15, -0.1) is 0 Å². The molecule has 0 unspecified atom stereocenters. The average Bonchev–Trinajstić information content (AvgIpc) is 1.97. The second-order valence-corrected chi connectivity index (χ2v) is 3.33. The monoisotopic (exact) mass is 238 g/mol. The SMILES string of the molecule is Cc1c(O)cc(Cl)c(Br)c1F. The van der Waals surface area contributed by atoms with E-state index in [9.17, 15) is 4.39 Å². The van der Waals surface area contributed by atoms with E-state index in [1.54, 1.807) is 0 Å². The van der Waals surface area contributed by atoms with Gasteiger partial charge in [-0.2, -0.15) is 0 Å². The number of hydrogen-bond acceptors (Lipinski definition) is 1. The van der Waals surface area contributed by atoms with Crippen LogP contribution in [-0.2, 0) is 0 Å². The van der Waals surface area contributed by atoms with Gasteiger partial charge in [0.05, 0.1) is 9.50 Å². The Balaban J connectivity index is 3.46. The lowest BCUT2D eigenvalue weighted by atomic mass is 10.2. The Labute approximate surface area is 76.9 Å². The first-order chi connectivity index (χ1) is 5.04. The average molecular weight is 239 g/mol.